The van der Waals surface area contributed by atoms with Gasteiger partial charge >= 0.3 is 0 Å². The summed E-state index contributed by atoms with van der Waals surface area (Å²) in [6.45, 7) is 3.54. The van der Waals surface area contributed by atoms with Crippen molar-refractivity contribution in [2.24, 2.45) is 4.99 Å². The molecule has 6 nitrogen and oxygen atoms in total. The molecule has 1 aromatic heterocycles. The lowest BCUT2D eigenvalue weighted by atomic mass is 10.5. The van der Waals surface area contributed by atoms with E-state index < -0.39 is 0 Å². The van der Waals surface area contributed by atoms with Crippen LogP contribution in [0.25, 0.3) is 0 Å². The number of thioether (sulfide) groups is 1. The summed E-state index contributed by atoms with van der Waals surface area (Å²) in [6, 6.07) is 1.96. The molecule has 0 aliphatic carbocycles. The minimum atomic E-state index is 0.557. The molecule has 0 saturated heterocycles. The summed E-state index contributed by atoms with van der Waals surface area (Å²) in [5, 5.41) is 21.0. The Labute approximate surface area is 111 Å². The molecule has 7 heteroatoms. The predicted octanol–water partition coefficient (Wildman–Crippen LogP) is 1.07. The third-order valence-electron chi connectivity index (χ3n) is 2.02. The Balaban J connectivity index is 2.13. The normalized spacial score (nSPS) is 11.0. The number of hydrogen-bond donors (Lipinski definition) is 3. The van der Waals surface area contributed by atoms with Gasteiger partial charge in [0.2, 0.25) is 5.96 Å². The Morgan fingerprint density at radius 1 is 1.67 bits per heavy atom. The predicted molar refractivity (Wildman–Crippen MR) is 74.1 cm³/mol. The first kappa shape index (κ1) is 14.4. The van der Waals surface area contributed by atoms with Crippen LogP contribution in [0.4, 0.5) is 0 Å². The Hall–Kier alpha value is -1.68. The zero-order valence-electron chi connectivity index (χ0n) is 10.4. The molecule has 0 unspecified atom stereocenters. The third-order valence-corrected chi connectivity index (χ3v) is 3.03. The minimum absolute atomic E-state index is 0.557. The number of nitrogens with zero attached hydrogens (tertiary/aromatic N) is 3. The first-order valence-corrected chi connectivity index (χ1v) is 7.01. The van der Waals surface area contributed by atoms with Gasteiger partial charge in [0.05, 0.1) is 0 Å². The van der Waals surface area contributed by atoms with Gasteiger partial charge in [-0.25, -0.2) is 0 Å². The number of aliphatic imine (C=N–C) groups is 1. The van der Waals surface area contributed by atoms with Crippen molar-refractivity contribution in [3.05, 3.63) is 18.0 Å². The monoisotopic (exact) mass is 266 g/mol. The average Bonchev–Trinajstić information content (AvgIpc) is 2.88. The fourth-order valence-electron chi connectivity index (χ4n) is 1.20. The Kier molecular flexibility index (Phi) is 7.48. The summed E-state index contributed by atoms with van der Waals surface area (Å²) in [5.74, 6) is 2.41. The molecule has 0 bridgehead atoms. The van der Waals surface area contributed by atoms with Crippen LogP contribution in [0.3, 0.4) is 0 Å². The van der Waals surface area contributed by atoms with E-state index in [-0.39, 0.29) is 0 Å². The summed E-state index contributed by atoms with van der Waals surface area (Å²) in [5.41, 5.74) is 1.12. The van der Waals surface area contributed by atoms with E-state index in [1.807, 2.05) is 19.2 Å². The second-order valence-corrected chi connectivity index (χ2v) is 4.63. The van der Waals surface area contributed by atoms with E-state index in [2.05, 4.69) is 25.8 Å². The molecule has 0 saturated carbocycles. The van der Waals surface area contributed by atoms with E-state index in [1.165, 1.54) is 0 Å². The number of aromatic nitrogens is 2. The summed E-state index contributed by atoms with van der Waals surface area (Å²) in [7, 11) is 0. The highest BCUT2D eigenvalue weighted by Gasteiger charge is 1.97. The maximum absolute atomic E-state index is 8.57. The molecule has 0 fully saturated rings. The molecule has 98 valence electrons. The molecule has 0 amide bonds. The lowest BCUT2D eigenvalue weighted by molar-refractivity contribution is 0.874. The number of aromatic amines is 1. The molecule has 0 aliphatic rings. The summed E-state index contributed by atoms with van der Waals surface area (Å²) in [4.78, 5) is 4.23. The zero-order valence-corrected chi connectivity index (χ0v) is 11.3. The molecular formula is C11H18N6S. The minimum Gasteiger partial charge on any atom is -0.355 e. The topological polar surface area (TPSA) is 88.9 Å². The van der Waals surface area contributed by atoms with E-state index in [9.17, 15) is 0 Å². The summed E-state index contributed by atoms with van der Waals surface area (Å²) >= 11 is 1.80. The smallest absolute Gasteiger partial charge is 0.204 e. The van der Waals surface area contributed by atoms with E-state index in [1.54, 1.807) is 18.0 Å². The van der Waals surface area contributed by atoms with Crippen LogP contribution in [0.1, 0.15) is 19.0 Å². The molecule has 18 heavy (non-hydrogen) atoms. The molecule has 0 aromatic carbocycles. The highest BCUT2D eigenvalue weighted by Crippen LogP contribution is 2.07. The van der Waals surface area contributed by atoms with Crippen molar-refractivity contribution in [3.8, 4) is 6.19 Å². The van der Waals surface area contributed by atoms with Crippen LogP contribution in [-0.4, -0.2) is 35.0 Å². The molecule has 1 heterocycles. The fourth-order valence-corrected chi connectivity index (χ4v) is 1.98. The van der Waals surface area contributed by atoms with Crippen LogP contribution in [0.15, 0.2) is 17.3 Å². The number of rotatable bonds is 7. The molecule has 0 aliphatic heterocycles. The lowest BCUT2D eigenvalue weighted by Gasteiger charge is -2.07. The van der Waals surface area contributed by atoms with Crippen LogP contribution < -0.4 is 10.6 Å². The number of nitriles is 1. The van der Waals surface area contributed by atoms with Crippen molar-refractivity contribution in [1.82, 2.24) is 20.8 Å². The lowest BCUT2D eigenvalue weighted by Crippen LogP contribution is -2.36. The van der Waals surface area contributed by atoms with E-state index >= 15 is 0 Å². The average molecular weight is 266 g/mol. The standard InChI is InChI=1S/C11H18N6S/c1-2-4-13-11(15-9-12)14-6-7-18-8-10-3-5-16-17-10/h3,5H,2,4,6-8H2,1H3,(H,16,17)(H2,13,14,15). The van der Waals surface area contributed by atoms with Crippen LogP contribution in [0, 0.1) is 11.5 Å². The van der Waals surface area contributed by atoms with Gasteiger partial charge in [-0.2, -0.15) is 22.1 Å². The quantitative estimate of drug-likeness (QED) is 0.226. The number of hydrogen-bond acceptors (Lipinski definition) is 4. The second kappa shape index (κ2) is 9.36. The molecule has 0 spiro atoms. The highest BCUT2D eigenvalue weighted by molar-refractivity contribution is 7.98. The van der Waals surface area contributed by atoms with E-state index in [0.29, 0.717) is 5.96 Å². The first-order chi connectivity index (χ1) is 8.86. The Morgan fingerprint density at radius 2 is 2.56 bits per heavy atom. The number of nitrogens with one attached hydrogen (secondary N) is 3. The zero-order chi connectivity index (χ0) is 13.1. The molecule has 0 radical (unpaired) electrons. The van der Waals surface area contributed by atoms with Gasteiger partial charge in [-0.15, -0.1) is 0 Å². The van der Waals surface area contributed by atoms with Gasteiger partial charge in [-0.05, 0) is 12.5 Å². The molecule has 0 atom stereocenters. The van der Waals surface area contributed by atoms with Gasteiger partial charge in [0, 0.05) is 36.5 Å². The Morgan fingerprint density at radius 3 is 3.22 bits per heavy atom. The Bertz CT molecular complexity index is 381. The van der Waals surface area contributed by atoms with Crippen LogP contribution in [0.5, 0.6) is 0 Å². The van der Waals surface area contributed by atoms with Crippen molar-refractivity contribution in [2.45, 2.75) is 19.1 Å². The van der Waals surface area contributed by atoms with Crippen molar-refractivity contribution < 1.29 is 0 Å². The van der Waals surface area contributed by atoms with E-state index in [4.69, 9.17) is 5.26 Å². The highest BCUT2D eigenvalue weighted by atomic mass is 32.2. The third kappa shape index (κ3) is 6.15. The summed E-state index contributed by atoms with van der Waals surface area (Å²) < 4.78 is 0. The molecular weight excluding hydrogens is 248 g/mol. The van der Waals surface area contributed by atoms with Crippen molar-refractivity contribution in [2.75, 3.05) is 18.8 Å². The van der Waals surface area contributed by atoms with Crippen molar-refractivity contribution in [1.29, 1.82) is 5.26 Å². The largest absolute Gasteiger partial charge is 0.355 e. The van der Waals surface area contributed by atoms with Crippen molar-refractivity contribution >= 4 is 17.7 Å². The SMILES string of the molecule is CCCN=C(NC#N)NCCSCc1ccn[nH]1. The second-order valence-electron chi connectivity index (χ2n) is 3.53. The van der Waals surface area contributed by atoms with Crippen LogP contribution in [-0.2, 0) is 5.75 Å². The molecule has 1 aromatic rings. The first-order valence-electron chi connectivity index (χ1n) is 5.86. The van der Waals surface area contributed by atoms with Crippen LogP contribution >= 0.6 is 11.8 Å². The maximum atomic E-state index is 8.57. The maximum Gasteiger partial charge on any atom is 0.204 e. The van der Waals surface area contributed by atoms with Gasteiger partial charge in [-0.3, -0.25) is 15.4 Å². The van der Waals surface area contributed by atoms with Gasteiger partial charge in [-0.1, -0.05) is 6.92 Å². The molecule has 1 rings (SSSR count). The van der Waals surface area contributed by atoms with Gasteiger partial charge in [0.15, 0.2) is 6.19 Å². The van der Waals surface area contributed by atoms with Gasteiger partial charge in [0.25, 0.3) is 0 Å². The van der Waals surface area contributed by atoms with Crippen molar-refractivity contribution in [3.63, 3.8) is 0 Å². The number of guanidine groups is 1. The summed E-state index contributed by atoms with van der Waals surface area (Å²) in [6.07, 6.45) is 4.59. The fraction of sp³-hybridized carbons (Fsp3) is 0.545. The van der Waals surface area contributed by atoms with Gasteiger partial charge in [0.1, 0.15) is 0 Å². The molecule has 3 N–H and O–H groups in total. The number of H-pyrrole nitrogens is 1. The van der Waals surface area contributed by atoms with Crippen LogP contribution in [0.2, 0.25) is 0 Å². The van der Waals surface area contributed by atoms with Gasteiger partial charge < -0.3 is 5.32 Å². The van der Waals surface area contributed by atoms with E-state index in [0.717, 1.165) is 36.7 Å².